The van der Waals surface area contributed by atoms with E-state index in [-0.39, 0.29) is 18.1 Å². The van der Waals surface area contributed by atoms with Crippen molar-refractivity contribution in [1.82, 2.24) is 13.4 Å². The van der Waals surface area contributed by atoms with Crippen LogP contribution in [0.5, 0.6) is 5.75 Å². The molecule has 17 heavy (non-hydrogen) atoms. The zero-order valence-electron chi connectivity index (χ0n) is 8.98. The number of esters is 1. The van der Waals surface area contributed by atoms with Crippen LogP contribution in [-0.2, 0) is 37.3 Å². The molecule has 0 bridgehead atoms. The number of fused-ring (bicyclic) bond motifs is 1. The van der Waals surface area contributed by atoms with Crippen LogP contribution in [0.1, 0.15) is 12.5 Å². The van der Waals surface area contributed by atoms with Crippen molar-refractivity contribution in [2.24, 2.45) is 0 Å². The molecule has 0 amide bonds. The normalized spacial score (nSPS) is 10.8. The fourth-order valence-corrected chi connectivity index (χ4v) is 1.82. The van der Waals surface area contributed by atoms with Crippen LogP contribution in [0.15, 0.2) is 12.1 Å². The molecule has 0 radical (unpaired) electrons. The molecule has 0 aliphatic heterocycles. The Hall–Kier alpha value is -1.37. The van der Waals surface area contributed by atoms with E-state index in [2.05, 4.69) is 31.6 Å². The number of carbonyl (C=O) groups is 1. The predicted octanol–water partition coefficient (Wildman–Crippen LogP) is 0.552. The number of phenolic OH excluding ortho intramolecular Hbond substituents is 1. The molecule has 6 nitrogen and oxygen atoms in total. The molecule has 0 saturated carbocycles. The molecule has 1 aromatic carbocycles. The topological polar surface area (TPSA) is 77.2 Å². The number of phenols is 1. The first-order chi connectivity index (χ1) is 8.13. The van der Waals surface area contributed by atoms with Crippen LogP contribution in [0.25, 0.3) is 11.0 Å². The molecule has 0 aliphatic carbocycles. The average molecular weight is 328 g/mol. The van der Waals surface area contributed by atoms with Crippen LogP contribution in [0.4, 0.5) is 0 Å². The zero-order chi connectivity index (χ0) is 12.4. The van der Waals surface area contributed by atoms with Crippen molar-refractivity contribution in [3.63, 3.8) is 0 Å². The molecule has 0 aliphatic rings. The number of rotatable bonds is 3. The fourth-order valence-electron chi connectivity index (χ4n) is 1.48. The number of ether oxygens (including phenoxy) is 1. The molecule has 0 unspecified atom stereocenters. The summed E-state index contributed by atoms with van der Waals surface area (Å²) in [6, 6.07) is 3.37. The van der Waals surface area contributed by atoms with E-state index in [1.54, 1.807) is 19.1 Å². The monoisotopic (exact) mass is 327 g/mol. The minimum absolute atomic E-state index is 0.0184. The van der Waals surface area contributed by atoms with Gasteiger partial charge in [0.05, 0.1) is 0 Å². The molecule has 94 valence electrons. The fraction of sp³-hybridized carbons (Fsp3) is 0.300. The van der Waals surface area contributed by atoms with Crippen LogP contribution >= 0.6 is 0 Å². The molecule has 2 aromatic rings. The summed E-state index contributed by atoms with van der Waals surface area (Å²) in [5.74, 6) is -0.422. The third-order valence-corrected chi connectivity index (χ3v) is 2.74. The van der Waals surface area contributed by atoms with E-state index in [4.69, 9.17) is 4.74 Å². The zero-order valence-corrected chi connectivity index (χ0v) is 10.5. The van der Waals surface area contributed by atoms with Gasteiger partial charge in [0.15, 0.2) is 0 Å². The Bertz CT molecular complexity index is 567. The molecule has 0 saturated heterocycles. The summed E-state index contributed by atoms with van der Waals surface area (Å²) in [6.45, 7) is 2.05. The van der Waals surface area contributed by atoms with E-state index in [0.29, 0.717) is 23.2 Å². The first kappa shape index (κ1) is 12.1. The summed E-state index contributed by atoms with van der Waals surface area (Å²) in [5, 5.41) is 17.4. The summed E-state index contributed by atoms with van der Waals surface area (Å²) in [7, 11) is 0. The van der Waals surface area contributed by atoms with Crippen molar-refractivity contribution < 1.29 is 36.0 Å². The first-order valence-corrected chi connectivity index (χ1v) is 5.64. The van der Waals surface area contributed by atoms with Gasteiger partial charge in [-0.05, 0) is 0 Å². The van der Waals surface area contributed by atoms with Crippen molar-refractivity contribution in [2.75, 3.05) is 6.61 Å². The van der Waals surface area contributed by atoms with E-state index in [0.717, 1.165) is 0 Å². The molecule has 7 heteroatoms. The molecular weight excluding hydrogens is 318 g/mol. The van der Waals surface area contributed by atoms with E-state index >= 15 is 0 Å². The molecule has 1 heterocycles. The van der Waals surface area contributed by atoms with Crippen LogP contribution < -0.4 is 0 Å². The molecule has 2 rings (SSSR count). The molecule has 0 atom stereocenters. The first-order valence-electron chi connectivity index (χ1n) is 4.98. The van der Waals surface area contributed by atoms with Gasteiger partial charge < -0.3 is 0 Å². The Morgan fingerprint density at radius 3 is 3.06 bits per heavy atom. The predicted molar refractivity (Wildman–Crippen MR) is 54.9 cm³/mol. The van der Waals surface area contributed by atoms with Crippen molar-refractivity contribution in [3.05, 3.63) is 17.7 Å². The average Bonchev–Trinajstić information content (AvgIpc) is 2.66. The van der Waals surface area contributed by atoms with Crippen molar-refractivity contribution >= 4 is 17.0 Å². The quantitative estimate of drug-likeness (QED) is 0.658. The second-order valence-electron chi connectivity index (χ2n) is 3.34. The number of aromatic nitrogens is 3. The number of aromatic hydroxyl groups is 1. The van der Waals surface area contributed by atoms with E-state index in [1.807, 2.05) is 0 Å². The second-order valence-corrected chi connectivity index (χ2v) is 3.97. The standard InChI is InChI=1S/C10H10N3O3.Ag/c1-2-16-8(14)5-6-3-4-7-9(10(6)15)12-13-11-7;/h3-4H,2,5H2,1H3,(H-,11,12,13,15);/q-1;+1. The number of nitrogens with zero attached hydrogens (tertiary/aromatic N) is 3. The Kier molecular flexibility index (Phi) is 3.46. The van der Waals surface area contributed by atoms with Gasteiger partial charge >= 0.3 is 110 Å². The van der Waals surface area contributed by atoms with Crippen molar-refractivity contribution in [1.29, 1.82) is 0 Å². The SMILES string of the molecule is CCOC(=O)Cc1ccc2c(nn[n]2[Ag])c1O. The molecule has 0 spiro atoms. The molecule has 1 N–H and O–H groups in total. The summed E-state index contributed by atoms with van der Waals surface area (Å²) in [6.07, 6.45) is 0.0184. The number of benzene rings is 1. The van der Waals surface area contributed by atoms with Gasteiger partial charge in [-0.2, -0.15) is 0 Å². The van der Waals surface area contributed by atoms with Gasteiger partial charge in [0, 0.05) is 0 Å². The Labute approximate surface area is 110 Å². The van der Waals surface area contributed by atoms with Gasteiger partial charge in [0.2, 0.25) is 0 Å². The summed E-state index contributed by atoms with van der Waals surface area (Å²) >= 11 is 3.16. The van der Waals surface area contributed by atoms with Crippen molar-refractivity contribution in [3.8, 4) is 5.75 Å². The Balaban J connectivity index is 2.36. The van der Waals surface area contributed by atoms with E-state index < -0.39 is 0 Å². The maximum absolute atomic E-state index is 11.3. The molecule has 1 aromatic heterocycles. The summed E-state index contributed by atoms with van der Waals surface area (Å²) in [5.41, 5.74) is 1.46. The Morgan fingerprint density at radius 1 is 1.59 bits per heavy atom. The van der Waals surface area contributed by atoms with Crippen LogP contribution in [0.2, 0.25) is 0 Å². The van der Waals surface area contributed by atoms with Crippen molar-refractivity contribution in [2.45, 2.75) is 13.3 Å². The molecule has 0 fully saturated rings. The molecular formula is C10H10AgN3O3. The van der Waals surface area contributed by atoms with Gasteiger partial charge in [-0.1, -0.05) is 0 Å². The summed E-state index contributed by atoms with van der Waals surface area (Å²) < 4.78 is 6.19. The summed E-state index contributed by atoms with van der Waals surface area (Å²) in [4.78, 5) is 11.3. The van der Waals surface area contributed by atoms with Gasteiger partial charge in [-0.3, -0.25) is 0 Å². The third kappa shape index (κ3) is 2.33. The second kappa shape index (κ2) is 4.87. The van der Waals surface area contributed by atoms with Gasteiger partial charge in [-0.25, -0.2) is 0 Å². The number of carbonyl (C=O) groups excluding carboxylic acids is 1. The van der Waals surface area contributed by atoms with Gasteiger partial charge in [-0.15, -0.1) is 0 Å². The van der Waals surface area contributed by atoms with Gasteiger partial charge in [0.1, 0.15) is 0 Å². The number of hydrogen-bond donors (Lipinski definition) is 1. The van der Waals surface area contributed by atoms with Gasteiger partial charge in [0.25, 0.3) is 0 Å². The van der Waals surface area contributed by atoms with E-state index in [1.165, 1.54) is 3.09 Å². The van der Waals surface area contributed by atoms with Crippen LogP contribution in [-0.4, -0.2) is 31.1 Å². The van der Waals surface area contributed by atoms with Crippen LogP contribution in [0, 0.1) is 0 Å². The maximum atomic E-state index is 11.3. The number of hydrogen-bond acceptors (Lipinski definition) is 5. The minimum atomic E-state index is -0.381. The van der Waals surface area contributed by atoms with E-state index in [9.17, 15) is 9.90 Å². The third-order valence-electron chi connectivity index (χ3n) is 2.25. The van der Waals surface area contributed by atoms with Crippen LogP contribution in [0.3, 0.4) is 0 Å². The Morgan fingerprint density at radius 2 is 2.35 bits per heavy atom.